The van der Waals surface area contributed by atoms with E-state index in [1.54, 1.807) is 6.20 Å². The quantitative estimate of drug-likeness (QED) is 0.759. The first-order valence-corrected chi connectivity index (χ1v) is 5.85. The third-order valence-electron chi connectivity index (χ3n) is 2.49. The van der Waals surface area contributed by atoms with Crippen LogP contribution in [0.25, 0.3) is 0 Å². The summed E-state index contributed by atoms with van der Waals surface area (Å²) in [4.78, 5) is 14.8. The molecule has 0 N–H and O–H groups in total. The third kappa shape index (κ3) is 3.73. The van der Waals surface area contributed by atoms with Crippen molar-refractivity contribution in [3.63, 3.8) is 0 Å². The minimum Gasteiger partial charge on any atom is -0.458 e. The Labute approximate surface area is 106 Å². The molecule has 1 heterocycles. The van der Waals surface area contributed by atoms with Gasteiger partial charge in [-0.05, 0) is 12.0 Å². The topological polar surface area (TPSA) is 52.3 Å². The molecular weight excluding hydrogens is 230 g/mol. The summed E-state index contributed by atoms with van der Waals surface area (Å²) in [7, 11) is 0. The summed E-state index contributed by atoms with van der Waals surface area (Å²) in [6.45, 7) is 1.51. The zero-order valence-corrected chi connectivity index (χ0v) is 10.3. The van der Waals surface area contributed by atoms with Crippen molar-refractivity contribution in [1.29, 1.82) is 0 Å². The second-order valence-corrected chi connectivity index (χ2v) is 3.99. The Hall–Kier alpha value is -2.10. The molecule has 4 nitrogen and oxygen atoms in total. The minimum atomic E-state index is -0.322. The first-order chi connectivity index (χ1) is 8.74. The van der Waals surface area contributed by atoms with Crippen molar-refractivity contribution in [2.24, 2.45) is 0 Å². The number of esters is 1. The van der Waals surface area contributed by atoms with E-state index in [9.17, 15) is 4.79 Å². The number of benzene rings is 1. The van der Waals surface area contributed by atoms with Crippen LogP contribution in [0.2, 0.25) is 0 Å². The summed E-state index contributed by atoms with van der Waals surface area (Å²) >= 11 is 0. The molecular formula is C14H15NO3. The molecule has 4 heteroatoms. The first kappa shape index (κ1) is 12.4. The smallest absolute Gasteiger partial charge is 0.303 e. The predicted octanol–water partition coefficient (Wildman–Crippen LogP) is 2.52. The van der Waals surface area contributed by atoms with E-state index in [-0.39, 0.29) is 12.6 Å². The fraction of sp³-hybridized carbons (Fsp3) is 0.286. The fourth-order valence-electron chi connectivity index (χ4n) is 1.60. The van der Waals surface area contributed by atoms with Crippen LogP contribution in [0.3, 0.4) is 0 Å². The lowest BCUT2D eigenvalue weighted by Crippen LogP contribution is -1.97. The maximum absolute atomic E-state index is 10.7. The van der Waals surface area contributed by atoms with Crippen molar-refractivity contribution in [2.45, 2.75) is 26.4 Å². The van der Waals surface area contributed by atoms with Crippen LogP contribution in [-0.2, 0) is 29.0 Å². The molecule has 0 spiro atoms. The number of aromatic nitrogens is 1. The van der Waals surface area contributed by atoms with Gasteiger partial charge in [-0.1, -0.05) is 30.3 Å². The Morgan fingerprint density at radius 1 is 1.28 bits per heavy atom. The molecule has 1 aromatic heterocycles. The summed E-state index contributed by atoms with van der Waals surface area (Å²) < 4.78 is 10.3. The maximum atomic E-state index is 10.7. The summed E-state index contributed by atoms with van der Waals surface area (Å²) in [6.07, 6.45) is 3.22. The van der Waals surface area contributed by atoms with E-state index in [4.69, 9.17) is 9.15 Å². The standard InChI is InChI=1S/C14H15NO3/c1-11(16)17-10-13-9-15-14(18-13)8-7-12-5-3-2-4-6-12/h2-6,9H,7-8,10H2,1H3. The Morgan fingerprint density at radius 3 is 2.78 bits per heavy atom. The Morgan fingerprint density at radius 2 is 2.06 bits per heavy atom. The zero-order chi connectivity index (χ0) is 12.8. The van der Waals surface area contributed by atoms with Gasteiger partial charge in [-0.3, -0.25) is 4.79 Å². The molecule has 0 radical (unpaired) electrons. The van der Waals surface area contributed by atoms with Crippen LogP contribution < -0.4 is 0 Å². The normalized spacial score (nSPS) is 10.3. The molecule has 2 rings (SSSR count). The molecule has 2 aromatic rings. The molecule has 0 atom stereocenters. The number of ether oxygens (including phenoxy) is 1. The van der Waals surface area contributed by atoms with Crippen molar-refractivity contribution in [3.8, 4) is 0 Å². The van der Waals surface area contributed by atoms with Crippen molar-refractivity contribution < 1.29 is 13.9 Å². The minimum absolute atomic E-state index is 0.146. The highest BCUT2D eigenvalue weighted by Crippen LogP contribution is 2.09. The van der Waals surface area contributed by atoms with Crippen molar-refractivity contribution in [3.05, 3.63) is 53.7 Å². The highest BCUT2D eigenvalue weighted by molar-refractivity contribution is 5.65. The third-order valence-corrected chi connectivity index (χ3v) is 2.49. The summed E-state index contributed by atoms with van der Waals surface area (Å²) in [5, 5.41) is 0. The van der Waals surface area contributed by atoms with Crippen LogP contribution in [0.1, 0.15) is 24.1 Å². The molecule has 0 aliphatic carbocycles. The molecule has 0 saturated heterocycles. The van der Waals surface area contributed by atoms with Gasteiger partial charge in [0.1, 0.15) is 0 Å². The molecule has 0 bridgehead atoms. The summed E-state index contributed by atoms with van der Waals surface area (Å²) in [5.41, 5.74) is 1.25. The van der Waals surface area contributed by atoms with Gasteiger partial charge in [0.05, 0.1) is 6.20 Å². The number of carbonyl (C=O) groups is 1. The predicted molar refractivity (Wildman–Crippen MR) is 65.8 cm³/mol. The second kappa shape index (κ2) is 6.00. The number of rotatable bonds is 5. The van der Waals surface area contributed by atoms with Gasteiger partial charge in [0.2, 0.25) is 0 Å². The number of nitrogens with zero attached hydrogens (tertiary/aromatic N) is 1. The van der Waals surface area contributed by atoms with Crippen molar-refractivity contribution in [2.75, 3.05) is 0 Å². The average molecular weight is 245 g/mol. The number of hydrogen-bond donors (Lipinski definition) is 0. The Bertz CT molecular complexity index is 505. The van der Waals surface area contributed by atoms with Gasteiger partial charge < -0.3 is 9.15 Å². The second-order valence-electron chi connectivity index (χ2n) is 3.99. The highest BCUT2D eigenvalue weighted by atomic mass is 16.5. The first-order valence-electron chi connectivity index (χ1n) is 5.85. The largest absolute Gasteiger partial charge is 0.458 e. The molecule has 0 aliphatic heterocycles. The molecule has 1 aromatic carbocycles. The van der Waals surface area contributed by atoms with E-state index < -0.39 is 0 Å². The lowest BCUT2D eigenvalue weighted by atomic mass is 10.1. The van der Waals surface area contributed by atoms with Crippen LogP contribution in [0.15, 0.2) is 40.9 Å². The van der Waals surface area contributed by atoms with E-state index in [0.717, 1.165) is 12.8 Å². The van der Waals surface area contributed by atoms with Crippen LogP contribution in [0.4, 0.5) is 0 Å². The number of oxazole rings is 1. The molecule has 0 aliphatic rings. The molecule has 0 amide bonds. The van der Waals surface area contributed by atoms with Gasteiger partial charge in [-0.25, -0.2) is 4.98 Å². The van der Waals surface area contributed by atoms with Gasteiger partial charge in [0, 0.05) is 13.3 Å². The highest BCUT2D eigenvalue weighted by Gasteiger charge is 2.05. The lowest BCUT2D eigenvalue weighted by molar-refractivity contribution is -0.142. The van der Waals surface area contributed by atoms with E-state index in [0.29, 0.717) is 11.7 Å². The Balaban J connectivity index is 1.85. The van der Waals surface area contributed by atoms with E-state index in [1.807, 2.05) is 18.2 Å². The molecule has 0 unspecified atom stereocenters. The monoisotopic (exact) mass is 245 g/mol. The molecule has 0 saturated carbocycles. The molecule has 0 fully saturated rings. The summed E-state index contributed by atoms with van der Waals surface area (Å²) in [5.74, 6) is 0.923. The van der Waals surface area contributed by atoms with Gasteiger partial charge in [0.15, 0.2) is 18.3 Å². The summed E-state index contributed by atoms with van der Waals surface area (Å²) in [6, 6.07) is 10.2. The van der Waals surface area contributed by atoms with Gasteiger partial charge in [-0.15, -0.1) is 0 Å². The van der Waals surface area contributed by atoms with Crippen LogP contribution in [0.5, 0.6) is 0 Å². The van der Waals surface area contributed by atoms with Crippen LogP contribution in [-0.4, -0.2) is 11.0 Å². The SMILES string of the molecule is CC(=O)OCc1cnc(CCc2ccccc2)o1. The number of aryl methyl sites for hydroxylation is 2. The lowest BCUT2D eigenvalue weighted by Gasteiger charge is -1.98. The van der Waals surface area contributed by atoms with E-state index >= 15 is 0 Å². The molecule has 18 heavy (non-hydrogen) atoms. The number of carbonyl (C=O) groups excluding carboxylic acids is 1. The van der Waals surface area contributed by atoms with Crippen molar-refractivity contribution >= 4 is 5.97 Å². The van der Waals surface area contributed by atoms with Crippen LogP contribution >= 0.6 is 0 Å². The van der Waals surface area contributed by atoms with Gasteiger partial charge >= 0.3 is 5.97 Å². The van der Waals surface area contributed by atoms with Gasteiger partial charge in [-0.2, -0.15) is 0 Å². The van der Waals surface area contributed by atoms with E-state index in [2.05, 4.69) is 17.1 Å². The Kier molecular flexibility index (Phi) is 4.12. The molecule has 94 valence electrons. The zero-order valence-electron chi connectivity index (χ0n) is 10.3. The van der Waals surface area contributed by atoms with Crippen molar-refractivity contribution in [1.82, 2.24) is 4.98 Å². The van der Waals surface area contributed by atoms with Gasteiger partial charge in [0.25, 0.3) is 0 Å². The average Bonchev–Trinajstić information content (AvgIpc) is 2.83. The van der Waals surface area contributed by atoms with E-state index in [1.165, 1.54) is 12.5 Å². The maximum Gasteiger partial charge on any atom is 0.303 e. The number of hydrogen-bond acceptors (Lipinski definition) is 4. The fourth-order valence-corrected chi connectivity index (χ4v) is 1.60. The van der Waals surface area contributed by atoms with Crippen LogP contribution in [0, 0.1) is 0 Å².